The van der Waals surface area contributed by atoms with Gasteiger partial charge in [0.1, 0.15) is 4.21 Å². The molecule has 2 rings (SSSR count). The zero-order valence-corrected chi connectivity index (χ0v) is 16.9. The maximum Gasteiger partial charge on any atom is 0.416 e. The molecule has 11 heteroatoms. The molecular weight excluding hydrogens is 413 g/mol. The van der Waals surface area contributed by atoms with Crippen LogP contribution in [-0.4, -0.2) is 34.5 Å². The number of nitrogens with zero attached hydrogens (tertiary/aromatic N) is 1. The van der Waals surface area contributed by atoms with E-state index in [-0.39, 0.29) is 17.3 Å². The van der Waals surface area contributed by atoms with E-state index in [1.54, 1.807) is 24.4 Å². The van der Waals surface area contributed by atoms with Crippen molar-refractivity contribution in [2.45, 2.75) is 23.4 Å². The van der Waals surface area contributed by atoms with Crippen LogP contribution in [-0.2, 0) is 16.2 Å². The maximum atomic E-state index is 12.9. The van der Waals surface area contributed by atoms with Gasteiger partial charge in [-0.1, -0.05) is 18.2 Å². The van der Waals surface area contributed by atoms with Crippen LogP contribution >= 0.6 is 11.3 Å². The summed E-state index contributed by atoms with van der Waals surface area (Å²) >= 11 is 1.12. The number of aliphatic imine (C=N–C) groups is 1. The number of sulfonamides is 1. The van der Waals surface area contributed by atoms with Gasteiger partial charge in [-0.3, -0.25) is 4.99 Å². The molecule has 0 radical (unpaired) electrons. The van der Waals surface area contributed by atoms with Crippen molar-refractivity contribution in [3.05, 3.63) is 52.9 Å². The van der Waals surface area contributed by atoms with Gasteiger partial charge in [-0.05, 0) is 36.1 Å². The molecule has 0 spiro atoms. The summed E-state index contributed by atoms with van der Waals surface area (Å²) in [4.78, 5) is 4.01. The molecule has 0 aliphatic rings. The van der Waals surface area contributed by atoms with Crippen LogP contribution in [0.5, 0.6) is 0 Å². The molecule has 0 fully saturated rings. The molecule has 1 unspecified atom stereocenters. The Morgan fingerprint density at radius 3 is 2.57 bits per heavy atom. The molecule has 3 N–H and O–H groups in total. The number of hydrogen-bond acceptors (Lipinski definition) is 4. The van der Waals surface area contributed by atoms with Crippen molar-refractivity contribution in [1.29, 1.82) is 0 Å². The molecule has 28 heavy (non-hydrogen) atoms. The molecule has 1 aromatic heterocycles. The van der Waals surface area contributed by atoms with Crippen LogP contribution < -0.4 is 15.4 Å². The average Bonchev–Trinajstić information content (AvgIpc) is 3.19. The zero-order valence-electron chi connectivity index (χ0n) is 15.2. The molecule has 1 atom stereocenters. The Balaban J connectivity index is 1.87. The summed E-state index contributed by atoms with van der Waals surface area (Å²) in [6.45, 7) is 2.08. The Morgan fingerprint density at radius 2 is 1.96 bits per heavy atom. The number of nitrogens with one attached hydrogen (secondary N) is 3. The predicted octanol–water partition coefficient (Wildman–Crippen LogP) is 2.97. The molecule has 6 nitrogen and oxygen atoms in total. The highest BCUT2D eigenvalue weighted by Gasteiger charge is 2.30. The smallest absolute Gasteiger partial charge is 0.355 e. The Kier molecular flexibility index (Phi) is 7.44. The second kappa shape index (κ2) is 9.39. The van der Waals surface area contributed by atoms with Gasteiger partial charge in [0.15, 0.2) is 5.96 Å². The van der Waals surface area contributed by atoms with E-state index in [9.17, 15) is 21.6 Å². The lowest BCUT2D eigenvalue weighted by Gasteiger charge is -2.19. The van der Waals surface area contributed by atoms with E-state index in [1.165, 1.54) is 19.2 Å². The number of rotatable bonds is 7. The van der Waals surface area contributed by atoms with Crippen LogP contribution in [0.25, 0.3) is 0 Å². The summed E-state index contributed by atoms with van der Waals surface area (Å²) in [5.41, 5.74) is -0.263. The number of alkyl halides is 3. The summed E-state index contributed by atoms with van der Waals surface area (Å²) in [7, 11) is -2.03. The first-order chi connectivity index (χ1) is 13.1. The number of guanidine groups is 1. The van der Waals surface area contributed by atoms with E-state index in [0.717, 1.165) is 23.5 Å². The molecule has 1 heterocycles. The SMILES string of the molecule is CN=C(NCCNS(=O)(=O)c1cccs1)NC(C)c1cccc(C(F)(F)F)c1. The highest BCUT2D eigenvalue weighted by Crippen LogP contribution is 2.30. The van der Waals surface area contributed by atoms with Gasteiger partial charge in [0.25, 0.3) is 0 Å². The Labute approximate surface area is 165 Å². The molecular formula is C17H21F3N4O2S2. The summed E-state index contributed by atoms with van der Waals surface area (Å²) in [6, 6.07) is 7.77. The first kappa shape index (κ1) is 22.2. The Hall–Kier alpha value is -2.11. The van der Waals surface area contributed by atoms with Crippen molar-refractivity contribution in [2.75, 3.05) is 20.1 Å². The van der Waals surface area contributed by atoms with Crippen LogP contribution in [0, 0.1) is 0 Å². The Bertz CT molecular complexity index is 897. The normalized spacial score (nSPS) is 14.0. The van der Waals surface area contributed by atoms with Crippen molar-refractivity contribution in [3.63, 3.8) is 0 Å². The van der Waals surface area contributed by atoms with Crippen LogP contribution in [0.4, 0.5) is 13.2 Å². The minimum atomic E-state index is -4.41. The van der Waals surface area contributed by atoms with Crippen molar-refractivity contribution >= 4 is 27.3 Å². The minimum Gasteiger partial charge on any atom is -0.355 e. The predicted molar refractivity (Wildman–Crippen MR) is 104 cm³/mol. The highest BCUT2D eigenvalue weighted by atomic mass is 32.2. The lowest BCUT2D eigenvalue weighted by Crippen LogP contribution is -2.42. The van der Waals surface area contributed by atoms with E-state index in [4.69, 9.17) is 0 Å². The number of benzene rings is 1. The Morgan fingerprint density at radius 1 is 1.21 bits per heavy atom. The van der Waals surface area contributed by atoms with Gasteiger partial charge < -0.3 is 10.6 Å². The first-order valence-corrected chi connectivity index (χ1v) is 10.7. The van der Waals surface area contributed by atoms with Gasteiger partial charge in [0, 0.05) is 20.1 Å². The second-order valence-corrected chi connectivity index (χ2v) is 8.76. The summed E-state index contributed by atoms with van der Waals surface area (Å²) < 4.78 is 65.3. The molecule has 0 saturated carbocycles. The third-order valence-electron chi connectivity index (χ3n) is 3.76. The van der Waals surface area contributed by atoms with Crippen LogP contribution in [0.15, 0.2) is 51.0 Å². The standard InChI is InChI=1S/C17H21F3N4O2S2/c1-12(13-5-3-6-14(11-13)17(18,19)20)24-16(21-2)22-8-9-23-28(25,26)15-7-4-10-27-15/h3-7,10-12,23H,8-9H2,1-2H3,(H2,21,22,24). The molecule has 0 saturated heterocycles. The van der Waals surface area contributed by atoms with Crippen LogP contribution in [0.3, 0.4) is 0 Å². The lowest BCUT2D eigenvalue weighted by molar-refractivity contribution is -0.137. The number of halogens is 3. The molecule has 0 bridgehead atoms. The van der Waals surface area contributed by atoms with Gasteiger partial charge in [0.2, 0.25) is 10.0 Å². The van der Waals surface area contributed by atoms with Crippen molar-refractivity contribution in [3.8, 4) is 0 Å². The highest BCUT2D eigenvalue weighted by molar-refractivity contribution is 7.91. The summed E-state index contributed by atoms with van der Waals surface area (Å²) in [5.74, 6) is 0.347. The van der Waals surface area contributed by atoms with E-state index >= 15 is 0 Å². The maximum absolute atomic E-state index is 12.9. The van der Waals surface area contributed by atoms with Crippen LogP contribution in [0.2, 0.25) is 0 Å². The fraction of sp³-hybridized carbons (Fsp3) is 0.353. The monoisotopic (exact) mass is 434 g/mol. The van der Waals surface area contributed by atoms with E-state index < -0.39 is 27.8 Å². The quantitative estimate of drug-likeness (QED) is 0.356. The van der Waals surface area contributed by atoms with Gasteiger partial charge in [-0.15, -0.1) is 11.3 Å². The molecule has 0 amide bonds. The van der Waals surface area contributed by atoms with E-state index in [0.29, 0.717) is 11.5 Å². The van der Waals surface area contributed by atoms with Crippen LogP contribution in [0.1, 0.15) is 24.1 Å². The topological polar surface area (TPSA) is 82.6 Å². The third kappa shape index (κ3) is 6.21. The molecule has 154 valence electrons. The fourth-order valence-electron chi connectivity index (χ4n) is 2.32. The van der Waals surface area contributed by atoms with Gasteiger partial charge in [0.05, 0.1) is 11.6 Å². The lowest BCUT2D eigenvalue weighted by atomic mass is 10.1. The van der Waals surface area contributed by atoms with E-state index in [1.807, 2.05) is 0 Å². The number of thiophene rings is 1. The third-order valence-corrected chi connectivity index (χ3v) is 6.62. The molecule has 1 aromatic carbocycles. The van der Waals surface area contributed by atoms with Crippen molar-refractivity contribution in [1.82, 2.24) is 15.4 Å². The second-order valence-electron chi connectivity index (χ2n) is 5.82. The zero-order chi connectivity index (χ0) is 20.8. The van der Waals surface area contributed by atoms with Gasteiger partial charge in [-0.2, -0.15) is 13.2 Å². The number of hydrogen-bond donors (Lipinski definition) is 3. The molecule has 0 aliphatic heterocycles. The van der Waals surface area contributed by atoms with E-state index in [2.05, 4.69) is 20.3 Å². The van der Waals surface area contributed by atoms with Gasteiger partial charge >= 0.3 is 6.18 Å². The summed E-state index contributed by atoms with van der Waals surface area (Å²) in [5, 5.41) is 7.58. The van der Waals surface area contributed by atoms with Gasteiger partial charge in [-0.25, -0.2) is 13.1 Å². The fourth-order valence-corrected chi connectivity index (χ4v) is 4.39. The molecule has 0 aliphatic carbocycles. The molecule has 2 aromatic rings. The van der Waals surface area contributed by atoms with Crippen molar-refractivity contribution in [2.24, 2.45) is 4.99 Å². The first-order valence-electron chi connectivity index (χ1n) is 8.31. The largest absolute Gasteiger partial charge is 0.416 e. The summed E-state index contributed by atoms with van der Waals surface area (Å²) in [6.07, 6.45) is -4.41. The average molecular weight is 435 g/mol. The van der Waals surface area contributed by atoms with Crippen molar-refractivity contribution < 1.29 is 21.6 Å². The minimum absolute atomic E-state index is 0.124.